The Bertz CT molecular complexity index is 735. The van der Waals surface area contributed by atoms with Crippen molar-refractivity contribution in [3.05, 3.63) is 48.3 Å². The standard InChI is InChI=1S/C13H7F3N2/c14-13(15,16)10-7-11-9(4-2-5-17-11)12-8(10)3-1-6-18-12/h1-7H. The van der Waals surface area contributed by atoms with Crippen LogP contribution in [0.1, 0.15) is 5.56 Å². The molecule has 18 heavy (non-hydrogen) atoms. The van der Waals surface area contributed by atoms with E-state index >= 15 is 0 Å². The van der Waals surface area contributed by atoms with Gasteiger partial charge in [-0.1, -0.05) is 6.07 Å². The van der Waals surface area contributed by atoms with Gasteiger partial charge >= 0.3 is 6.18 Å². The molecule has 0 radical (unpaired) electrons. The third kappa shape index (κ3) is 1.59. The maximum absolute atomic E-state index is 13.0. The van der Waals surface area contributed by atoms with Crippen LogP contribution in [-0.4, -0.2) is 9.97 Å². The summed E-state index contributed by atoms with van der Waals surface area (Å²) in [5.74, 6) is 0. The van der Waals surface area contributed by atoms with Gasteiger partial charge in [0.15, 0.2) is 0 Å². The van der Waals surface area contributed by atoms with Crippen molar-refractivity contribution in [1.29, 1.82) is 0 Å². The predicted molar refractivity (Wildman–Crippen MR) is 62.0 cm³/mol. The second-order valence-electron chi connectivity index (χ2n) is 3.89. The van der Waals surface area contributed by atoms with Gasteiger partial charge in [0.05, 0.1) is 16.6 Å². The lowest BCUT2D eigenvalue weighted by Crippen LogP contribution is -2.06. The van der Waals surface area contributed by atoms with Gasteiger partial charge in [-0.2, -0.15) is 13.2 Å². The van der Waals surface area contributed by atoms with Crippen LogP contribution in [0.25, 0.3) is 21.8 Å². The van der Waals surface area contributed by atoms with E-state index in [4.69, 9.17) is 0 Å². The lowest BCUT2D eigenvalue weighted by Gasteiger charge is -2.11. The van der Waals surface area contributed by atoms with Crippen molar-refractivity contribution in [2.75, 3.05) is 0 Å². The third-order valence-electron chi connectivity index (χ3n) is 2.78. The highest BCUT2D eigenvalue weighted by molar-refractivity contribution is 6.05. The van der Waals surface area contributed by atoms with E-state index in [-0.39, 0.29) is 5.39 Å². The zero-order chi connectivity index (χ0) is 12.8. The van der Waals surface area contributed by atoms with E-state index in [9.17, 15) is 13.2 Å². The summed E-state index contributed by atoms with van der Waals surface area (Å²) in [7, 11) is 0. The number of alkyl halides is 3. The largest absolute Gasteiger partial charge is 0.417 e. The Morgan fingerprint density at radius 3 is 2.28 bits per heavy atom. The third-order valence-corrected chi connectivity index (χ3v) is 2.78. The number of aromatic nitrogens is 2. The van der Waals surface area contributed by atoms with E-state index in [1.54, 1.807) is 12.1 Å². The molecule has 0 spiro atoms. The second-order valence-corrected chi connectivity index (χ2v) is 3.89. The SMILES string of the molecule is FC(F)(F)c1cc2ncccc2c2ncccc12. The molecule has 0 saturated carbocycles. The average molecular weight is 248 g/mol. The molecule has 2 heterocycles. The van der Waals surface area contributed by atoms with Crippen molar-refractivity contribution >= 4 is 21.8 Å². The van der Waals surface area contributed by atoms with Gasteiger partial charge in [0.1, 0.15) is 0 Å². The number of benzene rings is 1. The Kier molecular flexibility index (Phi) is 2.23. The summed E-state index contributed by atoms with van der Waals surface area (Å²) in [6.07, 6.45) is -1.46. The van der Waals surface area contributed by atoms with Crippen molar-refractivity contribution in [3.8, 4) is 0 Å². The molecule has 0 aliphatic rings. The molecule has 0 aliphatic carbocycles. The molecule has 2 nitrogen and oxygen atoms in total. The molecule has 0 unspecified atom stereocenters. The molecule has 3 aromatic rings. The highest BCUT2D eigenvalue weighted by atomic mass is 19.4. The van der Waals surface area contributed by atoms with E-state index in [1.165, 1.54) is 24.5 Å². The maximum Gasteiger partial charge on any atom is 0.417 e. The zero-order valence-corrected chi connectivity index (χ0v) is 9.07. The van der Waals surface area contributed by atoms with Crippen molar-refractivity contribution in [2.45, 2.75) is 6.18 Å². The van der Waals surface area contributed by atoms with Crippen molar-refractivity contribution < 1.29 is 13.2 Å². The van der Waals surface area contributed by atoms with Crippen LogP contribution >= 0.6 is 0 Å². The molecule has 90 valence electrons. The normalized spacial score (nSPS) is 12.2. The highest BCUT2D eigenvalue weighted by Gasteiger charge is 2.33. The Balaban J connectivity index is 2.55. The molecule has 1 aromatic carbocycles. The minimum Gasteiger partial charge on any atom is -0.256 e. The van der Waals surface area contributed by atoms with Crippen LogP contribution in [0.4, 0.5) is 13.2 Å². The second kappa shape index (κ2) is 3.66. The van der Waals surface area contributed by atoms with Gasteiger partial charge in [-0.25, -0.2) is 0 Å². The quantitative estimate of drug-likeness (QED) is 0.565. The summed E-state index contributed by atoms with van der Waals surface area (Å²) in [6, 6.07) is 7.40. The Morgan fingerprint density at radius 2 is 1.56 bits per heavy atom. The van der Waals surface area contributed by atoms with Crippen LogP contribution in [0.2, 0.25) is 0 Å². The molecule has 0 N–H and O–H groups in total. The smallest absolute Gasteiger partial charge is 0.256 e. The Hall–Kier alpha value is -2.17. The lowest BCUT2D eigenvalue weighted by atomic mass is 10.0. The Labute approximate surface area is 100 Å². The van der Waals surface area contributed by atoms with E-state index < -0.39 is 11.7 Å². The maximum atomic E-state index is 13.0. The fourth-order valence-electron chi connectivity index (χ4n) is 2.02. The van der Waals surface area contributed by atoms with Gasteiger partial charge in [-0.15, -0.1) is 0 Å². The van der Waals surface area contributed by atoms with Gasteiger partial charge < -0.3 is 0 Å². The summed E-state index contributed by atoms with van der Waals surface area (Å²) < 4.78 is 39.0. The van der Waals surface area contributed by atoms with Gasteiger partial charge in [-0.3, -0.25) is 9.97 Å². The first-order chi connectivity index (χ1) is 8.57. The number of rotatable bonds is 0. The van der Waals surface area contributed by atoms with Crippen LogP contribution in [0.15, 0.2) is 42.7 Å². The van der Waals surface area contributed by atoms with Gasteiger partial charge in [-0.05, 0) is 24.3 Å². The molecule has 0 bridgehead atoms. The first-order valence-corrected chi connectivity index (χ1v) is 5.27. The topological polar surface area (TPSA) is 25.8 Å². The van der Waals surface area contributed by atoms with Crippen LogP contribution in [0, 0.1) is 0 Å². The van der Waals surface area contributed by atoms with Gasteiger partial charge in [0, 0.05) is 23.2 Å². The van der Waals surface area contributed by atoms with Crippen LogP contribution in [0.5, 0.6) is 0 Å². The summed E-state index contributed by atoms with van der Waals surface area (Å²) in [4.78, 5) is 8.01. The minimum atomic E-state index is -4.41. The van der Waals surface area contributed by atoms with Crippen LogP contribution in [0.3, 0.4) is 0 Å². The molecule has 0 aliphatic heterocycles. The molecule has 3 rings (SSSR count). The average Bonchev–Trinajstić information content (AvgIpc) is 2.37. The molecule has 5 heteroatoms. The summed E-state index contributed by atoms with van der Waals surface area (Å²) in [5.41, 5.74) is -0.0664. The molecular formula is C13H7F3N2. The zero-order valence-electron chi connectivity index (χ0n) is 9.07. The van der Waals surface area contributed by atoms with Crippen molar-refractivity contribution in [3.63, 3.8) is 0 Å². The summed E-state index contributed by atoms with van der Waals surface area (Å²) >= 11 is 0. The van der Waals surface area contributed by atoms with Crippen molar-refractivity contribution in [1.82, 2.24) is 9.97 Å². The van der Waals surface area contributed by atoms with Crippen LogP contribution in [-0.2, 0) is 6.18 Å². The lowest BCUT2D eigenvalue weighted by molar-refractivity contribution is -0.136. The number of halogens is 3. The number of nitrogens with zero attached hydrogens (tertiary/aromatic N) is 2. The Morgan fingerprint density at radius 1 is 0.889 bits per heavy atom. The number of hydrogen-bond donors (Lipinski definition) is 0. The number of hydrogen-bond acceptors (Lipinski definition) is 2. The van der Waals surface area contributed by atoms with E-state index in [2.05, 4.69) is 9.97 Å². The fraction of sp³-hybridized carbons (Fsp3) is 0.0769. The minimum absolute atomic E-state index is 0.102. The molecule has 0 atom stereocenters. The molecular weight excluding hydrogens is 241 g/mol. The molecule has 2 aromatic heterocycles. The molecule has 0 saturated heterocycles. The molecule has 0 fully saturated rings. The first kappa shape index (κ1) is 11.0. The van der Waals surface area contributed by atoms with E-state index in [1.807, 2.05) is 0 Å². The van der Waals surface area contributed by atoms with Gasteiger partial charge in [0.2, 0.25) is 0 Å². The van der Waals surface area contributed by atoms with Crippen molar-refractivity contribution in [2.24, 2.45) is 0 Å². The van der Waals surface area contributed by atoms with E-state index in [0.717, 1.165) is 6.07 Å². The monoisotopic (exact) mass is 248 g/mol. The van der Waals surface area contributed by atoms with E-state index in [0.29, 0.717) is 16.4 Å². The summed E-state index contributed by atoms with van der Waals surface area (Å²) in [6.45, 7) is 0. The van der Waals surface area contributed by atoms with Gasteiger partial charge in [0.25, 0.3) is 0 Å². The number of pyridine rings is 2. The highest BCUT2D eigenvalue weighted by Crippen LogP contribution is 2.37. The fourth-order valence-corrected chi connectivity index (χ4v) is 2.02. The first-order valence-electron chi connectivity index (χ1n) is 5.27. The number of fused-ring (bicyclic) bond motifs is 3. The predicted octanol–water partition coefficient (Wildman–Crippen LogP) is 3.80. The molecule has 0 amide bonds. The summed E-state index contributed by atoms with van der Waals surface area (Å²) in [5, 5.41) is 0.728. The van der Waals surface area contributed by atoms with Crippen LogP contribution < -0.4 is 0 Å².